The van der Waals surface area contributed by atoms with E-state index in [1.54, 1.807) is 41.1 Å². The first-order valence-corrected chi connectivity index (χ1v) is 9.71. The van der Waals surface area contributed by atoms with Crippen LogP contribution in [0.25, 0.3) is 0 Å². The monoisotopic (exact) mass is 432 g/mol. The van der Waals surface area contributed by atoms with Crippen molar-refractivity contribution in [3.63, 3.8) is 0 Å². The normalized spacial score (nSPS) is 11.2. The zero-order chi connectivity index (χ0) is 18.4. The standard InChI is InChI=1S/C18H17BrN4O2S/c1-2-25-16-9-14(8-15(19)17(16)24)10-21-23-12-20-22-18(23)26-11-13-6-4-3-5-7-13/h3-10,12,24H,2,11H2,1H3/b21-10+. The molecule has 0 atom stereocenters. The van der Waals surface area contributed by atoms with Crippen molar-refractivity contribution in [2.75, 3.05) is 6.61 Å². The van der Waals surface area contributed by atoms with Crippen LogP contribution in [0, 0.1) is 0 Å². The minimum atomic E-state index is 0.0763. The Labute approximate surface area is 164 Å². The molecule has 0 spiro atoms. The molecule has 8 heteroatoms. The molecular formula is C18H17BrN4O2S. The minimum absolute atomic E-state index is 0.0763. The summed E-state index contributed by atoms with van der Waals surface area (Å²) in [4.78, 5) is 0. The summed E-state index contributed by atoms with van der Waals surface area (Å²) in [5.41, 5.74) is 1.99. The zero-order valence-electron chi connectivity index (χ0n) is 14.0. The smallest absolute Gasteiger partial charge is 0.212 e. The highest BCUT2D eigenvalue weighted by Crippen LogP contribution is 2.35. The zero-order valence-corrected chi connectivity index (χ0v) is 16.4. The lowest BCUT2D eigenvalue weighted by molar-refractivity contribution is 0.317. The van der Waals surface area contributed by atoms with Gasteiger partial charge in [-0.15, -0.1) is 10.2 Å². The molecule has 26 heavy (non-hydrogen) atoms. The van der Waals surface area contributed by atoms with Crippen molar-refractivity contribution in [2.45, 2.75) is 17.8 Å². The third-order valence-corrected chi connectivity index (χ3v) is 5.00. The van der Waals surface area contributed by atoms with E-state index in [9.17, 15) is 5.11 Å². The van der Waals surface area contributed by atoms with Gasteiger partial charge in [0.2, 0.25) is 5.16 Å². The summed E-state index contributed by atoms with van der Waals surface area (Å²) >= 11 is 4.88. The van der Waals surface area contributed by atoms with Crippen LogP contribution in [0.15, 0.2) is 63.5 Å². The predicted octanol–water partition coefficient (Wildman–Crippen LogP) is 4.32. The van der Waals surface area contributed by atoms with E-state index < -0.39 is 0 Å². The Kier molecular flexibility index (Phi) is 6.30. The van der Waals surface area contributed by atoms with Crippen molar-refractivity contribution >= 4 is 33.9 Å². The van der Waals surface area contributed by atoms with Gasteiger partial charge in [-0.05, 0) is 46.1 Å². The van der Waals surface area contributed by atoms with Crippen molar-refractivity contribution in [3.05, 3.63) is 64.4 Å². The fourth-order valence-corrected chi connectivity index (χ4v) is 3.46. The van der Waals surface area contributed by atoms with E-state index in [-0.39, 0.29) is 5.75 Å². The van der Waals surface area contributed by atoms with Crippen LogP contribution in [0.2, 0.25) is 0 Å². The number of aromatic hydroxyl groups is 1. The Morgan fingerprint density at radius 2 is 2.12 bits per heavy atom. The molecule has 2 aromatic carbocycles. The third-order valence-electron chi connectivity index (χ3n) is 3.39. The van der Waals surface area contributed by atoms with E-state index in [1.807, 2.05) is 25.1 Å². The lowest BCUT2D eigenvalue weighted by Crippen LogP contribution is -1.96. The van der Waals surface area contributed by atoms with Gasteiger partial charge < -0.3 is 9.84 Å². The molecule has 3 rings (SSSR count). The van der Waals surface area contributed by atoms with Crippen LogP contribution in [0.1, 0.15) is 18.1 Å². The molecule has 0 fully saturated rings. The van der Waals surface area contributed by atoms with Gasteiger partial charge in [0.15, 0.2) is 11.5 Å². The average molecular weight is 433 g/mol. The summed E-state index contributed by atoms with van der Waals surface area (Å²) in [5.74, 6) is 1.27. The maximum atomic E-state index is 9.98. The van der Waals surface area contributed by atoms with Gasteiger partial charge in [-0.2, -0.15) is 9.78 Å². The number of phenols is 1. The Morgan fingerprint density at radius 1 is 1.31 bits per heavy atom. The van der Waals surface area contributed by atoms with Crippen LogP contribution in [0.4, 0.5) is 0 Å². The molecule has 0 amide bonds. The number of nitrogens with zero attached hydrogens (tertiary/aromatic N) is 4. The number of hydrogen-bond donors (Lipinski definition) is 1. The largest absolute Gasteiger partial charge is 0.503 e. The number of halogens is 1. The number of benzene rings is 2. The van der Waals surface area contributed by atoms with Crippen LogP contribution in [-0.2, 0) is 5.75 Å². The second kappa shape index (κ2) is 8.86. The Hall–Kier alpha value is -2.32. The second-order valence-corrected chi connectivity index (χ2v) is 7.06. The molecule has 0 bridgehead atoms. The quantitative estimate of drug-likeness (QED) is 0.444. The van der Waals surface area contributed by atoms with Crippen molar-refractivity contribution in [1.29, 1.82) is 0 Å². The first-order chi connectivity index (χ1) is 12.7. The number of phenolic OH excluding ortho intramolecular Hbond substituents is 1. The molecule has 134 valence electrons. The summed E-state index contributed by atoms with van der Waals surface area (Å²) in [7, 11) is 0. The van der Waals surface area contributed by atoms with Gasteiger partial charge in [0, 0.05) is 5.75 Å². The molecule has 0 aliphatic carbocycles. The SMILES string of the molecule is CCOc1cc(/C=N/n2cnnc2SCc2ccccc2)cc(Br)c1O. The van der Waals surface area contributed by atoms with E-state index in [4.69, 9.17) is 4.74 Å². The molecule has 1 N–H and O–H groups in total. The van der Waals surface area contributed by atoms with Crippen LogP contribution in [-0.4, -0.2) is 32.8 Å². The molecule has 1 aromatic heterocycles. The highest BCUT2D eigenvalue weighted by molar-refractivity contribution is 9.10. The maximum absolute atomic E-state index is 9.98. The van der Waals surface area contributed by atoms with Gasteiger partial charge in [0.05, 0.1) is 17.3 Å². The molecule has 0 saturated carbocycles. The summed E-state index contributed by atoms with van der Waals surface area (Å²) in [6.07, 6.45) is 3.23. The van der Waals surface area contributed by atoms with Gasteiger partial charge in [-0.1, -0.05) is 42.1 Å². The molecule has 0 aliphatic rings. The first kappa shape index (κ1) is 18.5. The van der Waals surface area contributed by atoms with Gasteiger partial charge in [0.25, 0.3) is 0 Å². The van der Waals surface area contributed by atoms with Crippen molar-refractivity contribution in [1.82, 2.24) is 14.9 Å². The van der Waals surface area contributed by atoms with E-state index in [2.05, 4.69) is 43.4 Å². The van der Waals surface area contributed by atoms with E-state index in [0.29, 0.717) is 22.0 Å². The number of thioether (sulfide) groups is 1. The van der Waals surface area contributed by atoms with Crippen LogP contribution < -0.4 is 4.74 Å². The number of hydrogen-bond acceptors (Lipinski definition) is 6. The third kappa shape index (κ3) is 4.64. The average Bonchev–Trinajstić information content (AvgIpc) is 3.10. The summed E-state index contributed by atoms with van der Waals surface area (Å²) in [6, 6.07) is 13.7. The van der Waals surface area contributed by atoms with E-state index in [0.717, 1.165) is 11.3 Å². The molecule has 0 unspecified atom stereocenters. The van der Waals surface area contributed by atoms with E-state index >= 15 is 0 Å². The van der Waals surface area contributed by atoms with Crippen molar-refractivity contribution in [2.24, 2.45) is 5.10 Å². The molecular weight excluding hydrogens is 416 g/mol. The fraction of sp³-hybridized carbons (Fsp3) is 0.167. The molecule has 1 heterocycles. The Bertz CT molecular complexity index is 899. The highest BCUT2D eigenvalue weighted by Gasteiger charge is 2.09. The minimum Gasteiger partial charge on any atom is -0.503 e. The van der Waals surface area contributed by atoms with Crippen LogP contribution in [0.5, 0.6) is 11.5 Å². The number of rotatable bonds is 7. The number of aromatic nitrogens is 3. The molecule has 0 saturated heterocycles. The summed E-state index contributed by atoms with van der Waals surface area (Å²) in [5, 5.41) is 23.1. The molecule has 3 aromatic rings. The predicted molar refractivity (Wildman–Crippen MR) is 106 cm³/mol. The summed E-state index contributed by atoms with van der Waals surface area (Å²) < 4.78 is 7.60. The topological polar surface area (TPSA) is 72.5 Å². The molecule has 0 radical (unpaired) electrons. The van der Waals surface area contributed by atoms with Gasteiger partial charge in [-0.3, -0.25) is 0 Å². The Morgan fingerprint density at radius 3 is 2.88 bits per heavy atom. The van der Waals surface area contributed by atoms with E-state index in [1.165, 1.54) is 5.56 Å². The van der Waals surface area contributed by atoms with Crippen LogP contribution in [0.3, 0.4) is 0 Å². The van der Waals surface area contributed by atoms with Crippen molar-refractivity contribution < 1.29 is 9.84 Å². The van der Waals surface area contributed by atoms with Gasteiger partial charge in [-0.25, -0.2) is 0 Å². The number of ether oxygens (including phenoxy) is 1. The molecule has 0 aliphatic heterocycles. The lowest BCUT2D eigenvalue weighted by Gasteiger charge is -2.08. The lowest BCUT2D eigenvalue weighted by atomic mass is 10.2. The summed E-state index contributed by atoms with van der Waals surface area (Å²) in [6.45, 7) is 2.33. The fourth-order valence-electron chi connectivity index (χ4n) is 2.18. The van der Waals surface area contributed by atoms with Crippen LogP contribution >= 0.6 is 27.7 Å². The Balaban J connectivity index is 1.74. The maximum Gasteiger partial charge on any atom is 0.212 e. The van der Waals surface area contributed by atoms with Gasteiger partial charge in [0.1, 0.15) is 6.33 Å². The second-order valence-electron chi connectivity index (χ2n) is 5.26. The van der Waals surface area contributed by atoms with Crippen molar-refractivity contribution in [3.8, 4) is 11.5 Å². The highest BCUT2D eigenvalue weighted by atomic mass is 79.9. The molecule has 6 nitrogen and oxygen atoms in total. The van der Waals surface area contributed by atoms with Gasteiger partial charge >= 0.3 is 0 Å². The first-order valence-electron chi connectivity index (χ1n) is 7.93.